The highest BCUT2D eigenvalue weighted by Crippen LogP contribution is 2.35. The van der Waals surface area contributed by atoms with E-state index in [-0.39, 0.29) is 11.8 Å². The summed E-state index contributed by atoms with van der Waals surface area (Å²) in [7, 11) is 0. The molecule has 3 aromatic rings. The van der Waals surface area contributed by atoms with Crippen molar-refractivity contribution in [2.45, 2.75) is 18.9 Å². The molecular weight excluding hydrogens is 369 g/mol. The molecule has 0 spiro atoms. The summed E-state index contributed by atoms with van der Waals surface area (Å²) in [4.78, 5) is 18.1. The van der Waals surface area contributed by atoms with Crippen LogP contribution in [0.1, 0.15) is 22.7 Å². The predicted molar refractivity (Wildman–Crippen MR) is 106 cm³/mol. The summed E-state index contributed by atoms with van der Waals surface area (Å²) in [5, 5.41) is 2.48. The summed E-state index contributed by atoms with van der Waals surface area (Å²) in [6.45, 7) is 1.66. The first-order valence-corrected chi connectivity index (χ1v) is 9.33. The van der Waals surface area contributed by atoms with E-state index in [0.717, 1.165) is 22.2 Å². The zero-order valence-corrected chi connectivity index (χ0v) is 15.6. The van der Waals surface area contributed by atoms with Gasteiger partial charge in [0.25, 0.3) is 0 Å². The van der Waals surface area contributed by atoms with Crippen LogP contribution >= 0.6 is 23.2 Å². The van der Waals surface area contributed by atoms with Gasteiger partial charge in [-0.15, -0.1) is 0 Å². The largest absolute Gasteiger partial charge is 0.357 e. The van der Waals surface area contributed by atoms with Crippen molar-refractivity contribution in [3.63, 3.8) is 0 Å². The third-order valence-corrected chi connectivity index (χ3v) is 5.47. The summed E-state index contributed by atoms with van der Waals surface area (Å²) >= 11 is 12.1. The highest BCUT2D eigenvalue weighted by atomic mass is 35.5. The van der Waals surface area contributed by atoms with Gasteiger partial charge in [-0.3, -0.25) is 4.79 Å². The number of aromatic amines is 1. The number of hydrogen-bond acceptors (Lipinski definition) is 2. The van der Waals surface area contributed by atoms with E-state index in [0.29, 0.717) is 36.1 Å². The second-order valence-electron chi connectivity index (χ2n) is 6.72. The van der Waals surface area contributed by atoms with Crippen molar-refractivity contribution < 1.29 is 4.79 Å². The smallest absolute Gasteiger partial charge is 0.227 e. The number of fused-ring (bicyclic) bond motifs is 3. The molecule has 1 aliphatic rings. The molecule has 1 aliphatic heterocycles. The van der Waals surface area contributed by atoms with E-state index in [4.69, 9.17) is 28.9 Å². The van der Waals surface area contributed by atoms with E-state index in [1.807, 2.05) is 47.4 Å². The molecule has 2 heterocycles. The summed E-state index contributed by atoms with van der Waals surface area (Å²) in [5.41, 5.74) is 10.3. The Morgan fingerprint density at radius 2 is 1.88 bits per heavy atom. The standard InChI is InChI=1S/C20H19Cl2N3O/c21-14-3-1-12(2-4-14)7-19(26)25-10-13(9-23)20-16-8-15(22)5-6-17(16)24-18(20)11-25/h1-6,8,13,24H,7,9-11,23H2. The molecule has 0 saturated carbocycles. The average Bonchev–Trinajstić information content (AvgIpc) is 3.00. The van der Waals surface area contributed by atoms with Crippen molar-refractivity contribution in [1.29, 1.82) is 0 Å². The number of aromatic nitrogens is 1. The Hall–Kier alpha value is -2.01. The van der Waals surface area contributed by atoms with Gasteiger partial charge in [0.2, 0.25) is 5.91 Å². The number of carbonyl (C=O) groups excluding carboxylic acids is 1. The fraction of sp³-hybridized carbons (Fsp3) is 0.250. The minimum absolute atomic E-state index is 0.0908. The van der Waals surface area contributed by atoms with Crippen molar-refractivity contribution in [3.05, 3.63) is 69.3 Å². The van der Waals surface area contributed by atoms with Crippen LogP contribution in [0, 0.1) is 0 Å². The van der Waals surface area contributed by atoms with Gasteiger partial charge in [0.15, 0.2) is 0 Å². The molecule has 0 radical (unpaired) electrons. The number of amides is 1. The Bertz CT molecular complexity index is 965. The number of rotatable bonds is 3. The molecule has 1 atom stereocenters. The van der Waals surface area contributed by atoms with Crippen LogP contribution in [0.5, 0.6) is 0 Å². The summed E-state index contributed by atoms with van der Waals surface area (Å²) < 4.78 is 0. The lowest BCUT2D eigenvalue weighted by molar-refractivity contribution is -0.131. The highest BCUT2D eigenvalue weighted by Gasteiger charge is 2.30. The van der Waals surface area contributed by atoms with E-state index in [1.54, 1.807) is 0 Å². The first-order valence-electron chi connectivity index (χ1n) is 8.57. The molecule has 4 rings (SSSR count). The van der Waals surface area contributed by atoms with Crippen LogP contribution in [-0.2, 0) is 17.8 Å². The van der Waals surface area contributed by atoms with E-state index in [2.05, 4.69) is 4.98 Å². The molecular formula is C20H19Cl2N3O. The predicted octanol–water partition coefficient (Wildman–Crippen LogP) is 4.10. The number of carbonyl (C=O) groups is 1. The van der Waals surface area contributed by atoms with Crippen LogP contribution < -0.4 is 5.73 Å². The molecule has 0 fully saturated rings. The van der Waals surface area contributed by atoms with Crippen molar-refractivity contribution in [2.24, 2.45) is 5.73 Å². The summed E-state index contributed by atoms with van der Waals surface area (Å²) in [5.74, 6) is 0.188. The Labute approximate surface area is 161 Å². The fourth-order valence-corrected chi connectivity index (χ4v) is 4.01. The molecule has 2 aromatic carbocycles. The number of benzene rings is 2. The quantitative estimate of drug-likeness (QED) is 0.710. The zero-order chi connectivity index (χ0) is 18.3. The maximum atomic E-state index is 12.8. The van der Waals surface area contributed by atoms with Gasteiger partial charge in [0.05, 0.1) is 13.0 Å². The Morgan fingerprint density at radius 3 is 2.62 bits per heavy atom. The van der Waals surface area contributed by atoms with Gasteiger partial charge in [0.1, 0.15) is 0 Å². The van der Waals surface area contributed by atoms with Crippen LogP contribution in [0.25, 0.3) is 10.9 Å². The molecule has 6 heteroatoms. The second-order valence-corrected chi connectivity index (χ2v) is 7.59. The average molecular weight is 388 g/mol. The maximum Gasteiger partial charge on any atom is 0.227 e. The Morgan fingerprint density at radius 1 is 1.15 bits per heavy atom. The van der Waals surface area contributed by atoms with E-state index in [1.165, 1.54) is 5.56 Å². The molecule has 1 unspecified atom stereocenters. The minimum Gasteiger partial charge on any atom is -0.357 e. The van der Waals surface area contributed by atoms with E-state index in [9.17, 15) is 4.79 Å². The Kier molecular flexibility index (Phi) is 4.65. The number of halogens is 2. The van der Waals surface area contributed by atoms with Crippen LogP contribution in [0.2, 0.25) is 10.0 Å². The number of nitrogens with two attached hydrogens (primary N) is 1. The molecule has 0 bridgehead atoms. The number of hydrogen-bond donors (Lipinski definition) is 2. The van der Waals surface area contributed by atoms with Crippen LogP contribution in [0.15, 0.2) is 42.5 Å². The molecule has 134 valence electrons. The van der Waals surface area contributed by atoms with Gasteiger partial charge >= 0.3 is 0 Å². The lowest BCUT2D eigenvalue weighted by Gasteiger charge is -2.32. The maximum absolute atomic E-state index is 12.8. The van der Waals surface area contributed by atoms with Crippen LogP contribution in [-0.4, -0.2) is 28.9 Å². The van der Waals surface area contributed by atoms with E-state index < -0.39 is 0 Å². The molecule has 1 amide bonds. The third kappa shape index (κ3) is 3.20. The molecule has 3 N–H and O–H groups in total. The van der Waals surface area contributed by atoms with Crippen molar-refractivity contribution in [3.8, 4) is 0 Å². The summed E-state index contributed by atoms with van der Waals surface area (Å²) in [6, 6.07) is 13.2. The number of nitrogens with zero attached hydrogens (tertiary/aromatic N) is 1. The van der Waals surface area contributed by atoms with Gasteiger partial charge < -0.3 is 15.6 Å². The molecule has 26 heavy (non-hydrogen) atoms. The molecule has 0 aliphatic carbocycles. The van der Waals surface area contributed by atoms with E-state index >= 15 is 0 Å². The molecule has 1 aromatic heterocycles. The zero-order valence-electron chi connectivity index (χ0n) is 14.1. The van der Waals surface area contributed by atoms with Crippen LogP contribution in [0.4, 0.5) is 0 Å². The van der Waals surface area contributed by atoms with Gasteiger partial charge in [-0.1, -0.05) is 35.3 Å². The van der Waals surface area contributed by atoms with Crippen molar-refractivity contribution in [2.75, 3.05) is 13.1 Å². The summed E-state index contributed by atoms with van der Waals surface area (Å²) in [6.07, 6.45) is 0.357. The lowest BCUT2D eigenvalue weighted by Crippen LogP contribution is -2.41. The van der Waals surface area contributed by atoms with Crippen molar-refractivity contribution in [1.82, 2.24) is 9.88 Å². The van der Waals surface area contributed by atoms with Crippen molar-refractivity contribution >= 4 is 40.0 Å². The third-order valence-electron chi connectivity index (χ3n) is 4.99. The highest BCUT2D eigenvalue weighted by molar-refractivity contribution is 6.31. The normalized spacial score (nSPS) is 16.7. The number of H-pyrrole nitrogens is 1. The monoisotopic (exact) mass is 387 g/mol. The molecule has 0 saturated heterocycles. The lowest BCUT2D eigenvalue weighted by atomic mass is 9.91. The first kappa shape index (κ1) is 17.4. The fourth-order valence-electron chi connectivity index (χ4n) is 3.72. The van der Waals surface area contributed by atoms with Crippen LogP contribution in [0.3, 0.4) is 0 Å². The minimum atomic E-state index is 0.0908. The number of nitrogens with one attached hydrogen (secondary N) is 1. The topological polar surface area (TPSA) is 62.1 Å². The van der Waals surface area contributed by atoms with Gasteiger partial charge in [-0.05, 0) is 41.5 Å². The van der Waals surface area contributed by atoms with Gasteiger partial charge in [-0.2, -0.15) is 0 Å². The van der Waals surface area contributed by atoms with Gasteiger partial charge in [0, 0.05) is 45.6 Å². The SMILES string of the molecule is NCC1CN(C(=O)Cc2ccc(Cl)cc2)Cc2[nH]c3ccc(Cl)cc3c21. The molecule has 4 nitrogen and oxygen atoms in total. The second kappa shape index (κ2) is 6.95. The Balaban J connectivity index is 1.62. The van der Waals surface area contributed by atoms with Gasteiger partial charge in [-0.25, -0.2) is 0 Å². The first-order chi connectivity index (χ1) is 12.5.